The third-order valence-corrected chi connectivity index (χ3v) is 4.84. The van der Waals surface area contributed by atoms with Crippen LogP contribution in [-0.2, 0) is 9.59 Å². The Morgan fingerprint density at radius 3 is 2.24 bits per heavy atom. The number of carbonyl (C=O) groups excluding carboxylic acids is 3. The van der Waals surface area contributed by atoms with E-state index in [1.807, 2.05) is 20.8 Å². The monoisotopic (exact) mass is 453 g/mol. The molecule has 33 heavy (non-hydrogen) atoms. The zero-order valence-corrected chi connectivity index (χ0v) is 19.4. The molecule has 0 fully saturated rings. The molecule has 8 heteroatoms. The second-order valence-corrected chi connectivity index (χ2v) is 7.96. The number of aliphatic carboxylic acids is 1. The van der Waals surface area contributed by atoms with Gasteiger partial charge in [-0.3, -0.25) is 9.59 Å². The van der Waals surface area contributed by atoms with Crippen molar-refractivity contribution in [3.05, 3.63) is 64.9 Å². The Bertz CT molecular complexity index is 1030. The van der Waals surface area contributed by atoms with Gasteiger partial charge in [0.2, 0.25) is 0 Å². The van der Waals surface area contributed by atoms with Gasteiger partial charge in [-0.25, -0.2) is 0 Å². The molecule has 0 saturated carbocycles. The summed E-state index contributed by atoms with van der Waals surface area (Å²) < 4.78 is 10.6. The first kappa shape index (κ1) is 25.5. The van der Waals surface area contributed by atoms with Gasteiger partial charge < -0.3 is 30.0 Å². The molecule has 0 heterocycles. The number of benzene rings is 2. The van der Waals surface area contributed by atoms with Gasteiger partial charge in [0.15, 0.2) is 0 Å². The predicted octanol–water partition coefficient (Wildman–Crippen LogP) is 2.06. The lowest BCUT2D eigenvalue weighted by molar-refractivity contribution is -0.308. The SMILES string of the molecule is COc1ccc(/C=C(/NC(=O)c2ccc(C)cc2)C(=O)N[C@@H](CC(C)C)C(=O)[O-])c(OC)c1. The number of carboxylic acid groups (broad SMARTS) is 1. The van der Waals surface area contributed by atoms with Crippen molar-refractivity contribution < 1.29 is 29.0 Å². The molecule has 2 N–H and O–H groups in total. The summed E-state index contributed by atoms with van der Waals surface area (Å²) in [5.41, 5.74) is 1.67. The lowest BCUT2D eigenvalue weighted by atomic mass is 10.0. The molecule has 176 valence electrons. The highest BCUT2D eigenvalue weighted by atomic mass is 16.5. The fourth-order valence-corrected chi connectivity index (χ4v) is 3.07. The van der Waals surface area contributed by atoms with Crippen molar-refractivity contribution in [1.29, 1.82) is 0 Å². The predicted molar refractivity (Wildman–Crippen MR) is 123 cm³/mol. The molecule has 0 bridgehead atoms. The van der Waals surface area contributed by atoms with Crippen LogP contribution in [0.3, 0.4) is 0 Å². The number of carbonyl (C=O) groups is 3. The number of rotatable bonds is 10. The Hall–Kier alpha value is -3.81. The fraction of sp³-hybridized carbons (Fsp3) is 0.320. The van der Waals surface area contributed by atoms with Gasteiger partial charge in [0.05, 0.1) is 26.2 Å². The molecule has 0 aliphatic rings. The van der Waals surface area contributed by atoms with Crippen molar-refractivity contribution >= 4 is 23.9 Å². The summed E-state index contributed by atoms with van der Waals surface area (Å²) in [6.07, 6.45) is 1.60. The molecule has 2 amide bonds. The van der Waals surface area contributed by atoms with Gasteiger partial charge in [-0.15, -0.1) is 0 Å². The van der Waals surface area contributed by atoms with Crippen molar-refractivity contribution in [3.63, 3.8) is 0 Å². The lowest BCUT2D eigenvalue weighted by Gasteiger charge is -2.22. The van der Waals surface area contributed by atoms with Gasteiger partial charge in [-0.2, -0.15) is 0 Å². The Balaban J connectivity index is 2.43. The van der Waals surface area contributed by atoms with Crippen molar-refractivity contribution in [3.8, 4) is 11.5 Å². The van der Waals surface area contributed by atoms with E-state index in [1.165, 1.54) is 20.3 Å². The molecule has 0 saturated heterocycles. The van der Waals surface area contributed by atoms with Crippen LogP contribution in [0.25, 0.3) is 6.08 Å². The summed E-state index contributed by atoms with van der Waals surface area (Å²) in [4.78, 5) is 37.4. The number of amides is 2. The smallest absolute Gasteiger partial charge is 0.268 e. The number of ether oxygens (including phenoxy) is 2. The third kappa shape index (κ3) is 7.38. The van der Waals surface area contributed by atoms with E-state index in [1.54, 1.807) is 42.5 Å². The van der Waals surface area contributed by atoms with E-state index in [0.717, 1.165) is 5.56 Å². The first-order chi connectivity index (χ1) is 15.6. The summed E-state index contributed by atoms with van der Waals surface area (Å²) in [6.45, 7) is 5.56. The van der Waals surface area contributed by atoms with E-state index in [-0.39, 0.29) is 18.0 Å². The number of hydrogen-bond acceptors (Lipinski definition) is 6. The Morgan fingerprint density at radius 1 is 1.03 bits per heavy atom. The number of nitrogens with one attached hydrogen (secondary N) is 2. The first-order valence-corrected chi connectivity index (χ1v) is 10.5. The van der Waals surface area contributed by atoms with Crippen molar-refractivity contribution in [2.75, 3.05) is 14.2 Å². The van der Waals surface area contributed by atoms with Crippen LogP contribution in [0.4, 0.5) is 0 Å². The molecule has 1 atom stereocenters. The van der Waals surface area contributed by atoms with Gasteiger partial charge in [-0.1, -0.05) is 31.5 Å². The molecule has 0 aromatic heterocycles. The van der Waals surface area contributed by atoms with Gasteiger partial charge in [-0.05, 0) is 49.6 Å². The Kier molecular flexibility index (Phi) is 9.03. The summed E-state index contributed by atoms with van der Waals surface area (Å²) in [5, 5.41) is 16.6. The standard InChI is InChI=1S/C25H30N2O6/c1-15(2)12-21(25(30)31)27-24(29)20(26-23(28)17-8-6-16(3)7-9-17)13-18-10-11-19(32-4)14-22(18)33-5/h6-11,13-15,21H,12H2,1-5H3,(H,26,28)(H,27,29)(H,30,31)/p-1/b20-13+/t21-/m0/s1. The molecular formula is C25H29N2O6-. The van der Waals surface area contributed by atoms with Gasteiger partial charge in [0, 0.05) is 17.2 Å². The minimum atomic E-state index is -1.40. The minimum Gasteiger partial charge on any atom is -0.548 e. The average molecular weight is 454 g/mol. The molecule has 0 aliphatic heterocycles. The number of methoxy groups -OCH3 is 2. The zero-order chi connectivity index (χ0) is 24.5. The van der Waals surface area contributed by atoms with Crippen LogP contribution in [0.2, 0.25) is 0 Å². The summed E-state index contributed by atoms with van der Waals surface area (Å²) in [5.74, 6) is -1.72. The van der Waals surface area contributed by atoms with Gasteiger partial charge in [0.25, 0.3) is 11.8 Å². The van der Waals surface area contributed by atoms with Gasteiger partial charge >= 0.3 is 0 Å². The van der Waals surface area contributed by atoms with Crippen molar-refractivity contribution in [2.45, 2.75) is 33.2 Å². The summed E-state index contributed by atoms with van der Waals surface area (Å²) in [6, 6.07) is 10.6. The second kappa shape index (κ2) is 11.7. The van der Waals surface area contributed by atoms with Crippen LogP contribution < -0.4 is 25.2 Å². The Labute approximate surface area is 193 Å². The average Bonchev–Trinajstić information content (AvgIpc) is 2.78. The normalized spacial score (nSPS) is 12.1. The van der Waals surface area contributed by atoms with Gasteiger partial charge in [0.1, 0.15) is 17.2 Å². The summed E-state index contributed by atoms with van der Waals surface area (Å²) in [7, 11) is 2.98. The van der Waals surface area contributed by atoms with Crippen LogP contribution >= 0.6 is 0 Å². The van der Waals surface area contributed by atoms with Crippen molar-refractivity contribution in [2.24, 2.45) is 5.92 Å². The highest BCUT2D eigenvalue weighted by Crippen LogP contribution is 2.26. The largest absolute Gasteiger partial charge is 0.548 e. The van der Waals surface area contributed by atoms with E-state index in [9.17, 15) is 19.5 Å². The van der Waals surface area contributed by atoms with E-state index in [4.69, 9.17) is 9.47 Å². The molecule has 2 rings (SSSR count). The zero-order valence-electron chi connectivity index (χ0n) is 19.4. The molecule has 0 unspecified atom stereocenters. The molecule has 0 spiro atoms. The van der Waals surface area contributed by atoms with Crippen LogP contribution in [0, 0.1) is 12.8 Å². The highest BCUT2D eigenvalue weighted by Gasteiger charge is 2.21. The minimum absolute atomic E-state index is 0.00413. The quantitative estimate of drug-likeness (QED) is 0.532. The lowest BCUT2D eigenvalue weighted by Crippen LogP contribution is -2.50. The maximum atomic E-state index is 13.0. The van der Waals surface area contributed by atoms with E-state index >= 15 is 0 Å². The van der Waals surface area contributed by atoms with Crippen LogP contribution in [0.5, 0.6) is 11.5 Å². The maximum absolute atomic E-state index is 13.0. The molecule has 0 radical (unpaired) electrons. The van der Waals surface area contributed by atoms with Crippen molar-refractivity contribution in [1.82, 2.24) is 10.6 Å². The Morgan fingerprint density at radius 2 is 1.70 bits per heavy atom. The topological polar surface area (TPSA) is 117 Å². The summed E-state index contributed by atoms with van der Waals surface area (Å²) >= 11 is 0. The number of aryl methyl sites for hydroxylation is 1. The van der Waals surface area contributed by atoms with Crippen LogP contribution in [-0.4, -0.2) is 38.0 Å². The highest BCUT2D eigenvalue weighted by molar-refractivity contribution is 6.06. The third-order valence-electron chi connectivity index (χ3n) is 4.84. The number of hydrogen-bond donors (Lipinski definition) is 2. The first-order valence-electron chi connectivity index (χ1n) is 10.5. The van der Waals surface area contributed by atoms with E-state index < -0.39 is 23.8 Å². The van der Waals surface area contributed by atoms with E-state index in [0.29, 0.717) is 22.6 Å². The molecule has 0 aliphatic carbocycles. The van der Waals surface area contributed by atoms with Crippen LogP contribution in [0.15, 0.2) is 48.2 Å². The molecule has 8 nitrogen and oxygen atoms in total. The number of carboxylic acids is 1. The second-order valence-electron chi connectivity index (χ2n) is 7.96. The molecule has 2 aromatic carbocycles. The van der Waals surface area contributed by atoms with E-state index in [2.05, 4.69) is 10.6 Å². The molecular weight excluding hydrogens is 424 g/mol. The molecule has 2 aromatic rings. The maximum Gasteiger partial charge on any atom is 0.268 e. The van der Waals surface area contributed by atoms with Crippen LogP contribution in [0.1, 0.15) is 41.8 Å². The fourth-order valence-electron chi connectivity index (χ4n) is 3.07.